The molecule has 0 aliphatic rings. The van der Waals surface area contributed by atoms with E-state index < -0.39 is 5.97 Å². The molecule has 5 heteroatoms. The second-order valence-corrected chi connectivity index (χ2v) is 7.15. The largest absolute Gasteiger partial charge is 0.491 e. The van der Waals surface area contributed by atoms with Gasteiger partial charge in [-0.1, -0.05) is 39.8 Å². The number of anilines is 1. The zero-order valence-corrected chi connectivity index (χ0v) is 15.6. The molecule has 2 aromatic rings. The molecule has 0 fully saturated rings. The van der Waals surface area contributed by atoms with Crippen molar-refractivity contribution in [2.24, 2.45) is 0 Å². The average molecular weight is 355 g/mol. The number of carboxylic acids is 1. The molecule has 0 heterocycles. The maximum absolute atomic E-state index is 12.6. The van der Waals surface area contributed by atoms with E-state index in [2.05, 4.69) is 26.1 Å². The normalized spacial score (nSPS) is 11.1. The highest BCUT2D eigenvalue weighted by molar-refractivity contribution is 6.05. The summed E-state index contributed by atoms with van der Waals surface area (Å²) in [6.07, 6.45) is 0.808. The van der Waals surface area contributed by atoms with Crippen LogP contribution in [0.2, 0.25) is 0 Å². The first-order chi connectivity index (χ1) is 12.2. The topological polar surface area (TPSA) is 75.6 Å². The Morgan fingerprint density at radius 2 is 1.65 bits per heavy atom. The number of nitrogens with one attached hydrogen (secondary N) is 1. The molecule has 0 aliphatic heterocycles. The van der Waals surface area contributed by atoms with Gasteiger partial charge in [0.1, 0.15) is 5.75 Å². The second-order valence-electron chi connectivity index (χ2n) is 7.15. The van der Waals surface area contributed by atoms with Crippen LogP contribution in [0.4, 0.5) is 5.69 Å². The van der Waals surface area contributed by atoms with E-state index in [4.69, 9.17) is 4.74 Å². The fourth-order valence-corrected chi connectivity index (χ4v) is 2.41. The Balaban J connectivity index is 2.26. The van der Waals surface area contributed by atoms with Crippen LogP contribution in [0.1, 0.15) is 60.4 Å². The predicted molar refractivity (Wildman–Crippen MR) is 102 cm³/mol. The van der Waals surface area contributed by atoms with Gasteiger partial charge in [0, 0.05) is 5.56 Å². The fourth-order valence-electron chi connectivity index (χ4n) is 2.41. The molecule has 0 saturated heterocycles. The van der Waals surface area contributed by atoms with Crippen molar-refractivity contribution in [3.05, 3.63) is 59.2 Å². The lowest BCUT2D eigenvalue weighted by atomic mass is 9.87. The van der Waals surface area contributed by atoms with Gasteiger partial charge >= 0.3 is 5.97 Å². The molecule has 0 saturated carbocycles. The summed E-state index contributed by atoms with van der Waals surface area (Å²) < 4.78 is 5.61. The first-order valence-electron chi connectivity index (χ1n) is 8.64. The molecule has 0 aliphatic carbocycles. The summed E-state index contributed by atoms with van der Waals surface area (Å²) in [4.78, 5) is 23.8. The van der Waals surface area contributed by atoms with E-state index >= 15 is 0 Å². The minimum atomic E-state index is -1.06. The summed E-state index contributed by atoms with van der Waals surface area (Å²) >= 11 is 0. The molecule has 26 heavy (non-hydrogen) atoms. The van der Waals surface area contributed by atoms with E-state index in [0.717, 1.165) is 12.0 Å². The summed E-state index contributed by atoms with van der Waals surface area (Å²) in [5, 5.41) is 11.9. The van der Waals surface area contributed by atoms with Gasteiger partial charge in [-0.05, 0) is 47.7 Å². The molecular weight excluding hydrogens is 330 g/mol. The van der Waals surface area contributed by atoms with Crippen molar-refractivity contribution >= 4 is 17.6 Å². The molecule has 0 spiro atoms. The summed E-state index contributed by atoms with van der Waals surface area (Å²) in [6, 6.07) is 11.8. The number of rotatable bonds is 6. The third-order valence-corrected chi connectivity index (χ3v) is 3.95. The molecule has 5 nitrogen and oxygen atoms in total. The minimum Gasteiger partial charge on any atom is -0.491 e. The lowest BCUT2D eigenvalue weighted by Crippen LogP contribution is -2.15. The van der Waals surface area contributed by atoms with Gasteiger partial charge < -0.3 is 15.2 Å². The number of ether oxygens (including phenoxy) is 1. The van der Waals surface area contributed by atoms with Crippen molar-refractivity contribution in [1.82, 2.24) is 0 Å². The van der Waals surface area contributed by atoms with E-state index in [0.29, 0.717) is 23.6 Å². The lowest BCUT2D eigenvalue weighted by molar-refractivity contribution is 0.0696. The Hall–Kier alpha value is -2.82. The van der Waals surface area contributed by atoms with Crippen LogP contribution in [0.5, 0.6) is 5.75 Å². The van der Waals surface area contributed by atoms with Crippen LogP contribution < -0.4 is 10.1 Å². The first-order valence-corrected chi connectivity index (χ1v) is 8.64. The maximum atomic E-state index is 12.6. The molecule has 0 unspecified atom stereocenters. The van der Waals surface area contributed by atoms with Gasteiger partial charge in [0.15, 0.2) is 0 Å². The number of hydrogen-bond acceptors (Lipinski definition) is 3. The van der Waals surface area contributed by atoms with Crippen LogP contribution in [0, 0.1) is 0 Å². The Morgan fingerprint density at radius 1 is 1.04 bits per heavy atom. The van der Waals surface area contributed by atoms with Crippen LogP contribution in [0.15, 0.2) is 42.5 Å². The fraction of sp³-hybridized carbons (Fsp3) is 0.333. The Morgan fingerprint density at radius 3 is 2.19 bits per heavy atom. The van der Waals surface area contributed by atoms with E-state index in [1.807, 2.05) is 19.1 Å². The molecule has 0 aromatic heterocycles. The molecular formula is C21H25NO4. The standard InChI is InChI=1S/C21H25NO4/c1-5-12-26-18-11-8-15(20(24)25)13-17(18)22-19(23)14-6-9-16(10-7-14)21(2,3)4/h6-11,13H,5,12H2,1-4H3,(H,22,23)(H,24,25). The smallest absolute Gasteiger partial charge is 0.335 e. The molecule has 0 radical (unpaired) electrons. The molecule has 138 valence electrons. The zero-order chi connectivity index (χ0) is 19.3. The highest BCUT2D eigenvalue weighted by Crippen LogP contribution is 2.27. The SMILES string of the molecule is CCCOc1ccc(C(=O)O)cc1NC(=O)c1ccc(C(C)(C)C)cc1. The van der Waals surface area contributed by atoms with Gasteiger partial charge in [-0.3, -0.25) is 4.79 Å². The molecule has 0 atom stereocenters. The maximum Gasteiger partial charge on any atom is 0.335 e. The number of benzene rings is 2. The van der Waals surface area contributed by atoms with Crippen molar-refractivity contribution in [3.63, 3.8) is 0 Å². The van der Waals surface area contributed by atoms with E-state index in [-0.39, 0.29) is 16.9 Å². The summed E-state index contributed by atoms with van der Waals surface area (Å²) in [5.41, 5.74) is 2.08. The number of carbonyl (C=O) groups is 2. The van der Waals surface area contributed by atoms with Crippen LogP contribution >= 0.6 is 0 Å². The number of carbonyl (C=O) groups excluding carboxylic acids is 1. The summed E-state index contributed by atoms with van der Waals surface area (Å²) in [5.74, 6) is -0.914. The minimum absolute atomic E-state index is 0.00594. The summed E-state index contributed by atoms with van der Waals surface area (Å²) in [6.45, 7) is 8.78. The van der Waals surface area contributed by atoms with Gasteiger partial charge in [-0.2, -0.15) is 0 Å². The number of carboxylic acid groups (broad SMARTS) is 1. The Labute approximate surface area is 154 Å². The van der Waals surface area contributed by atoms with Crippen molar-refractivity contribution < 1.29 is 19.4 Å². The van der Waals surface area contributed by atoms with Crippen LogP contribution in [-0.2, 0) is 5.41 Å². The van der Waals surface area contributed by atoms with E-state index in [1.165, 1.54) is 12.1 Å². The van der Waals surface area contributed by atoms with E-state index in [9.17, 15) is 14.7 Å². The highest BCUT2D eigenvalue weighted by Gasteiger charge is 2.16. The third-order valence-electron chi connectivity index (χ3n) is 3.95. The number of aromatic carboxylic acids is 1. The van der Waals surface area contributed by atoms with Gasteiger partial charge in [0.25, 0.3) is 5.91 Å². The third kappa shape index (κ3) is 4.85. The molecule has 2 N–H and O–H groups in total. The van der Waals surface area contributed by atoms with Gasteiger partial charge in [0.05, 0.1) is 17.9 Å². The quantitative estimate of drug-likeness (QED) is 0.786. The van der Waals surface area contributed by atoms with Gasteiger partial charge in [-0.15, -0.1) is 0 Å². The average Bonchev–Trinajstić information content (AvgIpc) is 2.59. The number of amides is 1. The van der Waals surface area contributed by atoms with Crippen molar-refractivity contribution in [3.8, 4) is 5.75 Å². The van der Waals surface area contributed by atoms with Crippen LogP contribution in [0.25, 0.3) is 0 Å². The molecule has 2 rings (SSSR count). The second kappa shape index (κ2) is 8.04. The van der Waals surface area contributed by atoms with Crippen molar-refractivity contribution in [2.75, 3.05) is 11.9 Å². The predicted octanol–water partition coefficient (Wildman–Crippen LogP) is 4.72. The van der Waals surface area contributed by atoms with E-state index in [1.54, 1.807) is 18.2 Å². The van der Waals surface area contributed by atoms with Crippen LogP contribution in [0.3, 0.4) is 0 Å². The monoisotopic (exact) mass is 355 g/mol. The number of hydrogen-bond donors (Lipinski definition) is 2. The Kier molecular flexibility index (Phi) is 6.03. The summed E-state index contributed by atoms with van der Waals surface area (Å²) in [7, 11) is 0. The van der Waals surface area contributed by atoms with Crippen LogP contribution in [-0.4, -0.2) is 23.6 Å². The van der Waals surface area contributed by atoms with Crippen molar-refractivity contribution in [1.29, 1.82) is 0 Å². The van der Waals surface area contributed by atoms with Gasteiger partial charge in [0.2, 0.25) is 0 Å². The lowest BCUT2D eigenvalue weighted by Gasteiger charge is -2.19. The van der Waals surface area contributed by atoms with Crippen molar-refractivity contribution in [2.45, 2.75) is 39.5 Å². The highest BCUT2D eigenvalue weighted by atomic mass is 16.5. The van der Waals surface area contributed by atoms with Gasteiger partial charge in [-0.25, -0.2) is 4.79 Å². The molecule has 1 amide bonds. The zero-order valence-electron chi connectivity index (χ0n) is 15.6. The first kappa shape index (κ1) is 19.5. The molecule has 0 bridgehead atoms. The molecule has 2 aromatic carbocycles. The Bertz CT molecular complexity index is 789.